The van der Waals surface area contributed by atoms with Gasteiger partial charge in [-0.2, -0.15) is 11.8 Å². The Morgan fingerprint density at radius 3 is 2.46 bits per heavy atom. The van der Waals surface area contributed by atoms with Crippen LogP contribution in [0.1, 0.15) is 18.9 Å². The van der Waals surface area contributed by atoms with Gasteiger partial charge in [-0.05, 0) is 30.9 Å². The van der Waals surface area contributed by atoms with Crippen LogP contribution in [-0.4, -0.2) is 42.0 Å². The second kappa shape index (κ2) is 10.5. The number of alkyl carbamates (subject to hydrolysis) is 1. The molecule has 1 aromatic rings. The zero-order chi connectivity index (χ0) is 17.9. The molecule has 132 valence electrons. The maximum atomic E-state index is 12.2. The van der Waals surface area contributed by atoms with Gasteiger partial charge in [0.25, 0.3) is 0 Å². The van der Waals surface area contributed by atoms with E-state index < -0.39 is 30.0 Å². The molecule has 24 heavy (non-hydrogen) atoms. The SMILES string of the molecule is CSCC[C@H](NC(=O)OCc1ccccc1)C(=O)N[C@@H](C)C(N)=O. The van der Waals surface area contributed by atoms with Crippen molar-refractivity contribution in [3.8, 4) is 0 Å². The molecular formula is C16H23N3O4S. The number of nitrogens with one attached hydrogen (secondary N) is 2. The summed E-state index contributed by atoms with van der Waals surface area (Å²) >= 11 is 1.55. The molecule has 0 unspecified atom stereocenters. The average molecular weight is 353 g/mol. The molecular weight excluding hydrogens is 330 g/mol. The Balaban J connectivity index is 2.55. The van der Waals surface area contributed by atoms with E-state index in [-0.39, 0.29) is 6.61 Å². The van der Waals surface area contributed by atoms with Gasteiger partial charge in [0.05, 0.1) is 0 Å². The number of rotatable bonds is 9. The fraction of sp³-hybridized carbons (Fsp3) is 0.438. The van der Waals surface area contributed by atoms with Gasteiger partial charge in [-0.1, -0.05) is 30.3 Å². The van der Waals surface area contributed by atoms with Crippen LogP contribution in [0.4, 0.5) is 4.79 Å². The van der Waals surface area contributed by atoms with Crippen LogP contribution < -0.4 is 16.4 Å². The van der Waals surface area contributed by atoms with Gasteiger partial charge < -0.3 is 21.1 Å². The van der Waals surface area contributed by atoms with E-state index >= 15 is 0 Å². The normalized spacial score (nSPS) is 12.8. The van der Waals surface area contributed by atoms with Gasteiger partial charge in [0.15, 0.2) is 0 Å². The van der Waals surface area contributed by atoms with Crippen molar-refractivity contribution in [1.29, 1.82) is 0 Å². The summed E-state index contributed by atoms with van der Waals surface area (Å²) in [6.07, 6.45) is 1.63. The number of carbonyl (C=O) groups is 3. The highest BCUT2D eigenvalue weighted by atomic mass is 32.2. The van der Waals surface area contributed by atoms with Crippen molar-refractivity contribution in [3.63, 3.8) is 0 Å². The van der Waals surface area contributed by atoms with E-state index in [0.717, 1.165) is 5.56 Å². The van der Waals surface area contributed by atoms with Crippen molar-refractivity contribution in [3.05, 3.63) is 35.9 Å². The van der Waals surface area contributed by atoms with Crippen molar-refractivity contribution in [2.45, 2.75) is 32.0 Å². The second-order valence-corrected chi connectivity index (χ2v) is 6.16. The van der Waals surface area contributed by atoms with Gasteiger partial charge in [-0.15, -0.1) is 0 Å². The maximum Gasteiger partial charge on any atom is 0.408 e. The Morgan fingerprint density at radius 1 is 1.21 bits per heavy atom. The summed E-state index contributed by atoms with van der Waals surface area (Å²) in [7, 11) is 0. The highest BCUT2D eigenvalue weighted by Crippen LogP contribution is 2.04. The molecule has 2 atom stereocenters. The molecule has 8 heteroatoms. The second-order valence-electron chi connectivity index (χ2n) is 5.17. The number of nitrogens with two attached hydrogens (primary N) is 1. The summed E-state index contributed by atoms with van der Waals surface area (Å²) in [6.45, 7) is 1.60. The van der Waals surface area contributed by atoms with Crippen LogP contribution in [0.5, 0.6) is 0 Å². The number of hydrogen-bond acceptors (Lipinski definition) is 5. The van der Waals surface area contributed by atoms with E-state index in [0.29, 0.717) is 12.2 Å². The van der Waals surface area contributed by atoms with Gasteiger partial charge in [-0.25, -0.2) is 4.79 Å². The third kappa shape index (κ3) is 7.36. The van der Waals surface area contributed by atoms with Crippen LogP contribution in [0.3, 0.4) is 0 Å². The van der Waals surface area contributed by atoms with Crippen molar-refractivity contribution in [2.24, 2.45) is 5.73 Å². The summed E-state index contributed by atoms with van der Waals surface area (Å²) < 4.78 is 5.11. The minimum Gasteiger partial charge on any atom is -0.445 e. The third-order valence-corrected chi connectivity index (χ3v) is 3.86. The molecule has 0 bridgehead atoms. The minimum absolute atomic E-state index is 0.112. The van der Waals surface area contributed by atoms with E-state index in [1.807, 2.05) is 36.6 Å². The van der Waals surface area contributed by atoms with E-state index in [4.69, 9.17) is 10.5 Å². The van der Waals surface area contributed by atoms with E-state index in [1.54, 1.807) is 11.8 Å². The lowest BCUT2D eigenvalue weighted by molar-refractivity contribution is -0.128. The van der Waals surface area contributed by atoms with Gasteiger partial charge in [0, 0.05) is 0 Å². The lowest BCUT2D eigenvalue weighted by Gasteiger charge is -2.19. The highest BCUT2D eigenvalue weighted by Gasteiger charge is 2.23. The van der Waals surface area contributed by atoms with Crippen LogP contribution in [-0.2, 0) is 20.9 Å². The van der Waals surface area contributed by atoms with Crippen molar-refractivity contribution >= 4 is 29.7 Å². The Kier molecular flexibility index (Phi) is 8.70. The van der Waals surface area contributed by atoms with Crippen LogP contribution in [0.15, 0.2) is 30.3 Å². The number of ether oxygens (including phenoxy) is 1. The van der Waals surface area contributed by atoms with Crippen LogP contribution in [0.25, 0.3) is 0 Å². The molecule has 0 spiro atoms. The molecule has 3 amide bonds. The zero-order valence-corrected chi connectivity index (χ0v) is 14.6. The predicted molar refractivity (Wildman–Crippen MR) is 93.3 cm³/mol. The Labute approximate surface area is 145 Å². The third-order valence-electron chi connectivity index (χ3n) is 3.22. The number of hydrogen-bond donors (Lipinski definition) is 3. The molecule has 0 heterocycles. The van der Waals surface area contributed by atoms with Crippen molar-refractivity contribution in [1.82, 2.24) is 10.6 Å². The Hall–Kier alpha value is -2.22. The molecule has 0 saturated heterocycles. The van der Waals surface area contributed by atoms with Gasteiger partial charge in [0.1, 0.15) is 18.7 Å². The lowest BCUT2D eigenvalue weighted by Crippen LogP contribution is -2.52. The lowest BCUT2D eigenvalue weighted by atomic mass is 10.2. The number of carbonyl (C=O) groups excluding carboxylic acids is 3. The van der Waals surface area contributed by atoms with Gasteiger partial charge in [0.2, 0.25) is 11.8 Å². The first-order valence-corrected chi connectivity index (χ1v) is 8.89. The standard InChI is InChI=1S/C16H23N3O4S/c1-11(14(17)20)18-15(21)13(8-9-24-2)19-16(22)23-10-12-6-4-3-5-7-12/h3-7,11,13H,8-10H2,1-2H3,(H2,17,20)(H,18,21)(H,19,22)/t11-,13-/m0/s1. The predicted octanol–water partition coefficient (Wildman–Crippen LogP) is 1.02. The molecule has 0 aliphatic rings. The molecule has 1 aromatic carbocycles. The fourth-order valence-electron chi connectivity index (χ4n) is 1.80. The van der Waals surface area contributed by atoms with Gasteiger partial charge in [-0.3, -0.25) is 9.59 Å². The monoisotopic (exact) mass is 353 g/mol. The largest absolute Gasteiger partial charge is 0.445 e. The highest BCUT2D eigenvalue weighted by molar-refractivity contribution is 7.98. The molecule has 0 aliphatic heterocycles. The number of benzene rings is 1. The van der Waals surface area contributed by atoms with E-state index in [9.17, 15) is 14.4 Å². The van der Waals surface area contributed by atoms with Gasteiger partial charge >= 0.3 is 6.09 Å². The van der Waals surface area contributed by atoms with Crippen LogP contribution >= 0.6 is 11.8 Å². The minimum atomic E-state index is -0.809. The van der Waals surface area contributed by atoms with E-state index in [2.05, 4.69) is 10.6 Å². The summed E-state index contributed by atoms with van der Waals surface area (Å²) in [4.78, 5) is 35.1. The van der Waals surface area contributed by atoms with Crippen molar-refractivity contribution in [2.75, 3.05) is 12.0 Å². The first kappa shape index (κ1) is 19.8. The van der Waals surface area contributed by atoms with Crippen LogP contribution in [0.2, 0.25) is 0 Å². The zero-order valence-electron chi connectivity index (χ0n) is 13.8. The summed E-state index contributed by atoms with van der Waals surface area (Å²) in [5, 5.41) is 5.00. The quantitative estimate of drug-likeness (QED) is 0.614. The molecule has 7 nitrogen and oxygen atoms in total. The fourth-order valence-corrected chi connectivity index (χ4v) is 2.27. The topological polar surface area (TPSA) is 111 Å². The van der Waals surface area contributed by atoms with Crippen molar-refractivity contribution < 1.29 is 19.1 Å². The van der Waals surface area contributed by atoms with E-state index in [1.165, 1.54) is 6.92 Å². The van der Waals surface area contributed by atoms with Crippen LogP contribution in [0, 0.1) is 0 Å². The molecule has 0 radical (unpaired) electrons. The number of amides is 3. The summed E-state index contributed by atoms with van der Waals surface area (Å²) in [5.41, 5.74) is 5.98. The Morgan fingerprint density at radius 2 is 1.88 bits per heavy atom. The molecule has 0 aromatic heterocycles. The first-order valence-electron chi connectivity index (χ1n) is 7.50. The Bertz CT molecular complexity index is 554. The molecule has 1 rings (SSSR count). The molecule has 0 saturated carbocycles. The maximum absolute atomic E-state index is 12.2. The summed E-state index contributed by atoms with van der Waals surface area (Å²) in [6, 6.07) is 7.62. The smallest absolute Gasteiger partial charge is 0.408 e. The first-order chi connectivity index (χ1) is 11.4. The molecule has 4 N–H and O–H groups in total. The molecule has 0 fully saturated rings. The number of primary amides is 1. The number of thioether (sulfide) groups is 1. The summed E-state index contributed by atoms with van der Waals surface area (Å²) in [5.74, 6) is -0.437. The average Bonchev–Trinajstić information content (AvgIpc) is 2.57. The molecule has 0 aliphatic carbocycles.